The van der Waals surface area contributed by atoms with Gasteiger partial charge in [0, 0.05) is 75.6 Å². The van der Waals surface area contributed by atoms with E-state index in [2.05, 4.69) is 66.0 Å². The van der Waals surface area contributed by atoms with E-state index in [1.807, 2.05) is 46.3 Å². The van der Waals surface area contributed by atoms with E-state index in [1.54, 1.807) is 19.1 Å². The first-order chi connectivity index (χ1) is 23.5. The fourth-order valence-corrected chi connectivity index (χ4v) is 8.68. The number of aliphatic hydroxyl groups is 1. The summed E-state index contributed by atoms with van der Waals surface area (Å²) in [5.41, 5.74) is 6.26. The third-order valence-corrected chi connectivity index (χ3v) is 11.9. The van der Waals surface area contributed by atoms with Gasteiger partial charge in [0.2, 0.25) is 11.8 Å². The van der Waals surface area contributed by atoms with Crippen LogP contribution in [0.25, 0.3) is 11.1 Å². The molecule has 1 heterocycles. The largest absolute Gasteiger partial charge is 0.496 e. The highest BCUT2D eigenvalue weighted by atomic mass is 16.7. The Balaban J connectivity index is 1.48. The van der Waals surface area contributed by atoms with Crippen molar-refractivity contribution < 1.29 is 24.3 Å². The summed E-state index contributed by atoms with van der Waals surface area (Å²) in [6.45, 7) is 17.3. The van der Waals surface area contributed by atoms with Crippen LogP contribution in [0.1, 0.15) is 65.5 Å². The van der Waals surface area contributed by atoms with E-state index in [4.69, 9.17) is 9.57 Å². The summed E-state index contributed by atoms with van der Waals surface area (Å²) in [6, 6.07) is 11.8. The molecule has 2 bridgehead atoms. The third-order valence-electron chi connectivity index (χ3n) is 11.9. The zero-order chi connectivity index (χ0) is 36.7. The molecule has 2 amide bonds. The molecule has 0 spiro atoms. The molecule has 1 aliphatic heterocycles. The number of fused-ring (bicyclic) bond motifs is 2. The van der Waals surface area contributed by atoms with Crippen molar-refractivity contribution in [3.63, 3.8) is 0 Å². The number of anilines is 1. The summed E-state index contributed by atoms with van der Waals surface area (Å²) in [6.07, 6.45) is 0.714. The number of nitrogens with zero attached hydrogens (tertiary/aromatic N) is 3. The van der Waals surface area contributed by atoms with Gasteiger partial charge in [0.25, 0.3) is 0 Å². The summed E-state index contributed by atoms with van der Waals surface area (Å²) < 4.78 is 6.12. The number of aliphatic hydroxyl groups excluding tert-OH is 1. The van der Waals surface area contributed by atoms with Crippen LogP contribution in [0, 0.1) is 29.1 Å². The predicted octanol–water partition coefficient (Wildman–Crippen LogP) is 5.20. The quantitative estimate of drug-likeness (QED) is 0.264. The number of methoxy groups -OCH3 is 1. The lowest BCUT2D eigenvalue weighted by Crippen LogP contribution is -2.62. The van der Waals surface area contributed by atoms with Gasteiger partial charge in [-0.15, -0.1) is 0 Å². The van der Waals surface area contributed by atoms with Crippen LogP contribution in [0.15, 0.2) is 48.7 Å². The fourth-order valence-electron chi connectivity index (χ4n) is 8.68. The smallest absolute Gasteiger partial charge is 0.240 e. The summed E-state index contributed by atoms with van der Waals surface area (Å²) in [4.78, 5) is 37.0. The van der Waals surface area contributed by atoms with Crippen LogP contribution in [0.2, 0.25) is 0 Å². The predicted molar refractivity (Wildman–Crippen MR) is 198 cm³/mol. The van der Waals surface area contributed by atoms with Gasteiger partial charge in [-0.05, 0) is 79.2 Å². The zero-order valence-corrected chi connectivity index (χ0v) is 31.7. The summed E-state index contributed by atoms with van der Waals surface area (Å²) in [7, 11) is 7.76. The Morgan fingerprint density at radius 2 is 1.88 bits per heavy atom. The van der Waals surface area contributed by atoms with Gasteiger partial charge in [0.15, 0.2) is 0 Å². The molecule has 10 nitrogen and oxygen atoms in total. The lowest BCUT2D eigenvalue weighted by Gasteiger charge is -2.62. The second-order valence-electron chi connectivity index (χ2n) is 15.9. The Morgan fingerprint density at radius 1 is 1.16 bits per heavy atom. The topological polar surface area (TPSA) is 107 Å². The number of ether oxygens (including phenoxy) is 1. The molecule has 10 heteroatoms. The number of hydroxylamine groups is 2. The van der Waals surface area contributed by atoms with Crippen molar-refractivity contribution in [3.05, 3.63) is 59.8 Å². The maximum Gasteiger partial charge on any atom is 0.240 e. The molecule has 3 aliphatic carbocycles. The zero-order valence-electron chi connectivity index (χ0n) is 31.7. The van der Waals surface area contributed by atoms with Crippen LogP contribution < -0.4 is 20.3 Å². The van der Waals surface area contributed by atoms with Gasteiger partial charge >= 0.3 is 0 Å². The van der Waals surface area contributed by atoms with Crippen molar-refractivity contribution in [1.82, 2.24) is 20.6 Å². The Labute approximate surface area is 299 Å². The maximum absolute atomic E-state index is 14.4. The van der Waals surface area contributed by atoms with Gasteiger partial charge in [-0.1, -0.05) is 45.5 Å². The van der Waals surface area contributed by atoms with Gasteiger partial charge in [0.1, 0.15) is 17.9 Å². The second-order valence-corrected chi connectivity index (χ2v) is 15.9. The van der Waals surface area contributed by atoms with Crippen LogP contribution >= 0.6 is 0 Å². The Kier molecular flexibility index (Phi) is 11.2. The molecule has 2 aromatic rings. The molecular formula is C40H59N5O5. The molecule has 6 rings (SSSR count). The molecule has 2 aromatic carbocycles. The average molecular weight is 690 g/mol. The van der Waals surface area contributed by atoms with Gasteiger partial charge < -0.3 is 30.3 Å². The normalized spacial score (nSPS) is 27.5. The number of carbonyl (C=O) groups excluding carboxylic acids is 2. The van der Waals surface area contributed by atoms with Crippen LogP contribution in [0.3, 0.4) is 0 Å². The van der Waals surface area contributed by atoms with E-state index < -0.39 is 24.2 Å². The molecule has 4 fully saturated rings. The van der Waals surface area contributed by atoms with Crippen molar-refractivity contribution >= 4 is 17.5 Å². The van der Waals surface area contributed by atoms with Crippen LogP contribution in [0.5, 0.6) is 5.75 Å². The van der Waals surface area contributed by atoms with E-state index in [0.29, 0.717) is 35.5 Å². The lowest BCUT2D eigenvalue weighted by atomic mass is 9.45. The first-order valence-corrected chi connectivity index (χ1v) is 18.0. The molecule has 1 saturated heterocycles. The minimum absolute atomic E-state index is 0.0603. The molecule has 0 unspecified atom stereocenters. The van der Waals surface area contributed by atoms with E-state index in [9.17, 15) is 14.7 Å². The van der Waals surface area contributed by atoms with Crippen LogP contribution in [0.4, 0.5) is 5.69 Å². The van der Waals surface area contributed by atoms with E-state index >= 15 is 0 Å². The number of rotatable bonds is 13. The van der Waals surface area contributed by atoms with Crippen molar-refractivity contribution in [3.8, 4) is 16.9 Å². The first kappa shape index (κ1) is 37.7. The standard InChI is InChI=1S/C40H59N5O5/c1-23(2)44(10)21-27-15-29(17-31(16-27)43(8)9)32-14-12-13-28(38(32)49-11)22-45-37(36(25(4)46)35(50-45)20-41-26(5)47)39(48)42-34-19-30-18-33(24(34)3)40(30,6)7/h12-17,24-25,30,33-37,46H,1,18-22H2,2-11H3,(H,41,47)(H,42,48)/t24-,25-,30+,33-,34-,35-,36-,37-/m0/s1. The SMILES string of the molecule is C=C(C)N(C)Cc1cc(-c2cccc(CN3O[C@@H](CNC(C)=O)[C@H]([C@H](C)O)[C@H]3C(=O)N[C@H]3C[C@H]4C[C@@H]([C@@H]3C)C4(C)C)c2OC)cc(N(C)C)c1. The summed E-state index contributed by atoms with van der Waals surface area (Å²) in [5.74, 6) is 1.28. The summed E-state index contributed by atoms with van der Waals surface area (Å²) >= 11 is 0. The number of carbonyl (C=O) groups is 2. The van der Waals surface area contributed by atoms with Gasteiger partial charge in [-0.2, -0.15) is 5.06 Å². The number of hydrogen-bond donors (Lipinski definition) is 3. The summed E-state index contributed by atoms with van der Waals surface area (Å²) in [5, 5.41) is 19.1. The van der Waals surface area contributed by atoms with Crippen molar-refractivity contribution in [2.45, 2.75) is 91.8 Å². The minimum atomic E-state index is -0.858. The Bertz CT molecular complexity index is 1570. The molecule has 3 saturated carbocycles. The number of benzene rings is 2. The van der Waals surface area contributed by atoms with Crippen molar-refractivity contribution in [1.29, 1.82) is 0 Å². The highest BCUT2D eigenvalue weighted by Crippen LogP contribution is 2.61. The number of nitrogens with one attached hydrogen (secondary N) is 2. The number of para-hydroxylation sites is 1. The molecule has 274 valence electrons. The number of allylic oxidation sites excluding steroid dienone is 1. The van der Waals surface area contributed by atoms with Gasteiger partial charge in [0.05, 0.1) is 19.8 Å². The Morgan fingerprint density at radius 3 is 2.46 bits per heavy atom. The Hall–Kier alpha value is -3.60. The first-order valence-electron chi connectivity index (χ1n) is 18.0. The molecular weight excluding hydrogens is 630 g/mol. The van der Waals surface area contributed by atoms with Crippen LogP contribution in [-0.2, 0) is 27.5 Å². The highest BCUT2D eigenvalue weighted by Gasteiger charge is 2.57. The average Bonchev–Trinajstić information content (AvgIpc) is 3.42. The molecule has 0 radical (unpaired) electrons. The molecule has 8 atom stereocenters. The fraction of sp³-hybridized carbons (Fsp3) is 0.600. The lowest BCUT2D eigenvalue weighted by molar-refractivity contribution is -0.177. The van der Waals surface area contributed by atoms with Gasteiger partial charge in [-0.25, -0.2) is 0 Å². The molecule has 50 heavy (non-hydrogen) atoms. The minimum Gasteiger partial charge on any atom is -0.496 e. The molecule has 0 aromatic heterocycles. The number of hydrogen-bond acceptors (Lipinski definition) is 8. The van der Waals surface area contributed by atoms with E-state index in [0.717, 1.165) is 40.1 Å². The van der Waals surface area contributed by atoms with E-state index in [1.165, 1.54) is 13.3 Å². The highest BCUT2D eigenvalue weighted by molar-refractivity contribution is 5.83. The molecule has 3 N–H and O–H groups in total. The maximum atomic E-state index is 14.4. The molecule has 4 aliphatic rings. The third kappa shape index (κ3) is 7.53. The van der Waals surface area contributed by atoms with Crippen LogP contribution in [-0.4, -0.2) is 86.0 Å². The van der Waals surface area contributed by atoms with E-state index in [-0.39, 0.29) is 30.9 Å². The van der Waals surface area contributed by atoms with Gasteiger partial charge in [-0.3, -0.25) is 14.4 Å². The monoisotopic (exact) mass is 689 g/mol. The number of amides is 2. The van der Waals surface area contributed by atoms with Crippen molar-refractivity contribution in [2.75, 3.05) is 39.7 Å². The van der Waals surface area contributed by atoms with Crippen molar-refractivity contribution in [2.24, 2.45) is 29.1 Å². The second kappa shape index (κ2) is 14.9.